The standard InChI is InChI=1S/C20H12O5.C15H28N6O5/c21-11-5-7-15-17(9-11)25-18-10-12(22)6-8-16(18)19(15)13-3-1-2-4-14(13)20(23)24;1-13(22)17-5-9-25-10-6-18-14(23)3-2-4-15(24)19-7-11-26-12-8-20-21-16/h1-10,21H,(H,23,24);2-12H2,1H3,(H,17,22)(H,18,23)(H,19,24)/p-1. The number of carboxylic acid groups (broad SMARTS) is 1. The van der Waals surface area contributed by atoms with Gasteiger partial charge in [-0.1, -0.05) is 35.4 Å². The molecule has 2 aromatic carbocycles. The van der Waals surface area contributed by atoms with Crippen molar-refractivity contribution in [3.05, 3.63) is 86.9 Å². The molecule has 51 heavy (non-hydrogen) atoms. The lowest BCUT2D eigenvalue weighted by Gasteiger charge is -2.17. The summed E-state index contributed by atoms with van der Waals surface area (Å²) in [5, 5.41) is 33.1. The Bertz CT molecular complexity index is 1870. The molecule has 2 aromatic rings. The van der Waals surface area contributed by atoms with Gasteiger partial charge in [0.05, 0.1) is 32.0 Å². The van der Waals surface area contributed by atoms with Crippen molar-refractivity contribution in [2.75, 3.05) is 52.6 Å². The van der Waals surface area contributed by atoms with Gasteiger partial charge >= 0.3 is 5.97 Å². The zero-order valence-corrected chi connectivity index (χ0v) is 28.0. The Labute approximate surface area is 292 Å². The molecule has 0 atom stereocenters. The molecule has 3 amide bonds. The third-order valence-corrected chi connectivity index (χ3v) is 7.06. The number of carboxylic acids is 1. The third-order valence-electron chi connectivity index (χ3n) is 7.06. The highest BCUT2D eigenvalue weighted by atomic mass is 16.5. The maximum atomic E-state index is 11.7. The Balaban J connectivity index is 0.000000275. The summed E-state index contributed by atoms with van der Waals surface area (Å²) >= 11 is 0. The second-order valence-electron chi connectivity index (χ2n) is 10.9. The summed E-state index contributed by atoms with van der Waals surface area (Å²) in [4.78, 5) is 59.7. The number of benzene rings is 3. The van der Waals surface area contributed by atoms with Gasteiger partial charge in [0.2, 0.25) is 17.7 Å². The fourth-order valence-electron chi connectivity index (χ4n) is 4.79. The van der Waals surface area contributed by atoms with Crippen molar-refractivity contribution in [2.45, 2.75) is 26.2 Å². The fraction of sp³-hybridized carbons (Fsp3) is 0.343. The van der Waals surface area contributed by atoms with Gasteiger partial charge in [-0.15, -0.1) is 5.75 Å². The van der Waals surface area contributed by atoms with E-state index in [-0.39, 0.29) is 53.8 Å². The molecule has 16 nitrogen and oxygen atoms in total. The summed E-state index contributed by atoms with van der Waals surface area (Å²) in [5.41, 5.74) is 10.0. The summed E-state index contributed by atoms with van der Waals surface area (Å²) in [6.45, 7) is 4.32. The Kier molecular flexibility index (Phi) is 16.4. The minimum Gasteiger partial charge on any atom is -0.872 e. The molecule has 1 aliphatic heterocycles. The normalized spacial score (nSPS) is 10.5. The summed E-state index contributed by atoms with van der Waals surface area (Å²) < 4.78 is 16.1. The zero-order valence-electron chi connectivity index (χ0n) is 28.0. The van der Waals surface area contributed by atoms with E-state index in [2.05, 4.69) is 26.0 Å². The molecule has 0 spiro atoms. The Hall–Kier alpha value is -5.96. The molecule has 0 radical (unpaired) electrons. The zero-order chi connectivity index (χ0) is 37.0. The van der Waals surface area contributed by atoms with Gasteiger partial charge in [0.25, 0.3) is 0 Å². The molecular weight excluding hydrogens is 664 g/mol. The van der Waals surface area contributed by atoms with Crippen LogP contribution in [0.5, 0.6) is 5.75 Å². The van der Waals surface area contributed by atoms with E-state index < -0.39 is 5.97 Å². The van der Waals surface area contributed by atoms with Crippen LogP contribution in [0, 0.1) is 0 Å². The highest BCUT2D eigenvalue weighted by Gasteiger charge is 2.21. The lowest BCUT2D eigenvalue weighted by Crippen LogP contribution is -2.30. The van der Waals surface area contributed by atoms with Crippen LogP contribution in [0.1, 0.15) is 36.5 Å². The molecule has 0 saturated heterocycles. The lowest BCUT2D eigenvalue weighted by atomic mass is 9.91. The predicted octanol–water partition coefficient (Wildman–Crippen LogP) is 3.21. The number of fused-ring (bicyclic) bond motifs is 2. The van der Waals surface area contributed by atoms with Crippen LogP contribution >= 0.6 is 0 Å². The first-order valence-electron chi connectivity index (χ1n) is 16.0. The largest absolute Gasteiger partial charge is 0.872 e. The minimum absolute atomic E-state index is 0.108. The molecule has 16 heteroatoms. The maximum Gasteiger partial charge on any atom is 0.336 e. The van der Waals surface area contributed by atoms with Gasteiger partial charge in [0.15, 0.2) is 5.43 Å². The van der Waals surface area contributed by atoms with E-state index in [1.807, 2.05) is 0 Å². The van der Waals surface area contributed by atoms with E-state index in [9.17, 15) is 34.2 Å². The van der Waals surface area contributed by atoms with Crippen LogP contribution in [0.2, 0.25) is 0 Å². The molecule has 4 N–H and O–H groups in total. The van der Waals surface area contributed by atoms with Gasteiger partial charge in [-0.05, 0) is 41.8 Å². The molecule has 0 unspecified atom stereocenters. The minimum atomic E-state index is -1.06. The van der Waals surface area contributed by atoms with Crippen LogP contribution in [0.4, 0.5) is 0 Å². The van der Waals surface area contributed by atoms with Crippen LogP contribution < -0.4 is 26.5 Å². The molecule has 0 aromatic heterocycles. The molecular formula is C35H39N6O10-. The number of nitrogens with one attached hydrogen (secondary N) is 3. The Morgan fingerprint density at radius 1 is 0.863 bits per heavy atom. The number of aromatic carboxylic acids is 1. The second kappa shape index (κ2) is 21.2. The van der Waals surface area contributed by atoms with E-state index in [4.69, 9.17) is 19.4 Å². The van der Waals surface area contributed by atoms with Crippen molar-refractivity contribution in [1.82, 2.24) is 16.0 Å². The van der Waals surface area contributed by atoms with Gasteiger partial charge in [-0.25, -0.2) is 4.79 Å². The summed E-state index contributed by atoms with van der Waals surface area (Å²) in [6, 6.07) is 15.3. The van der Waals surface area contributed by atoms with Gasteiger partial charge in [0, 0.05) is 73.4 Å². The number of hydrogen-bond donors (Lipinski definition) is 4. The number of nitrogens with zero attached hydrogens (tertiary/aromatic N) is 3. The van der Waals surface area contributed by atoms with Gasteiger partial charge in [0.1, 0.15) is 11.3 Å². The number of hydrogen-bond acceptors (Lipinski definition) is 10. The fourth-order valence-corrected chi connectivity index (χ4v) is 4.79. The average Bonchev–Trinajstić information content (AvgIpc) is 3.09. The van der Waals surface area contributed by atoms with E-state index in [1.54, 1.807) is 30.3 Å². The monoisotopic (exact) mass is 703 g/mol. The summed E-state index contributed by atoms with van der Waals surface area (Å²) in [5.74, 6) is -1.36. The SMILES string of the molecule is CC(=O)NCCOCCNC(=O)CCCC(=O)NCCOCCN=[N+]=[N-].O=C(O)c1ccccc1-c1c2ccc(=O)cc-2oc2cc([O-])ccc12. The van der Waals surface area contributed by atoms with Crippen molar-refractivity contribution in [3.8, 4) is 28.2 Å². The van der Waals surface area contributed by atoms with Crippen molar-refractivity contribution < 1.29 is 43.3 Å². The smallest absolute Gasteiger partial charge is 0.336 e. The summed E-state index contributed by atoms with van der Waals surface area (Å²) in [6.07, 6.45) is 0.986. The van der Waals surface area contributed by atoms with Crippen LogP contribution in [0.3, 0.4) is 0 Å². The van der Waals surface area contributed by atoms with E-state index >= 15 is 0 Å². The van der Waals surface area contributed by atoms with E-state index in [0.29, 0.717) is 85.9 Å². The maximum absolute atomic E-state index is 11.7. The number of carbonyl (C=O) groups is 4. The van der Waals surface area contributed by atoms with Crippen LogP contribution in [-0.4, -0.2) is 81.4 Å². The van der Waals surface area contributed by atoms with Crippen molar-refractivity contribution in [3.63, 3.8) is 0 Å². The van der Waals surface area contributed by atoms with Crippen molar-refractivity contribution in [1.29, 1.82) is 0 Å². The number of amides is 3. The highest BCUT2D eigenvalue weighted by molar-refractivity contribution is 6.07. The number of rotatable bonds is 18. The van der Waals surface area contributed by atoms with E-state index in [0.717, 1.165) is 0 Å². The number of carbonyl (C=O) groups excluding carboxylic acids is 3. The number of azide groups is 1. The quantitative estimate of drug-likeness (QED) is 0.0387. The van der Waals surface area contributed by atoms with Crippen LogP contribution in [0.25, 0.3) is 43.9 Å². The molecule has 1 heterocycles. The Morgan fingerprint density at radius 3 is 2.16 bits per heavy atom. The van der Waals surface area contributed by atoms with Crippen molar-refractivity contribution in [2.24, 2.45) is 5.11 Å². The van der Waals surface area contributed by atoms with Gasteiger partial charge < -0.3 is 40.1 Å². The van der Waals surface area contributed by atoms with Gasteiger partial charge in [-0.2, -0.15) is 0 Å². The highest BCUT2D eigenvalue weighted by Crippen LogP contribution is 2.41. The first kappa shape index (κ1) is 39.5. The van der Waals surface area contributed by atoms with Crippen LogP contribution in [-0.2, 0) is 23.9 Å². The molecule has 2 aliphatic rings. The van der Waals surface area contributed by atoms with Gasteiger partial charge in [-0.3, -0.25) is 19.2 Å². The third kappa shape index (κ3) is 13.5. The van der Waals surface area contributed by atoms with Crippen LogP contribution in [0.15, 0.2) is 75.0 Å². The summed E-state index contributed by atoms with van der Waals surface area (Å²) in [7, 11) is 0. The predicted molar refractivity (Wildman–Crippen MR) is 185 cm³/mol. The Morgan fingerprint density at radius 2 is 1.51 bits per heavy atom. The first-order valence-corrected chi connectivity index (χ1v) is 16.0. The first-order chi connectivity index (χ1) is 24.6. The molecule has 0 bridgehead atoms. The molecule has 0 saturated carbocycles. The topological polar surface area (TPSA) is 245 Å². The van der Waals surface area contributed by atoms with Crippen molar-refractivity contribution >= 4 is 34.7 Å². The number of ether oxygens (including phenoxy) is 2. The molecule has 4 rings (SSSR count). The lowest BCUT2D eigenvalue weighted by molar-refractivity contribution is -0.268. The molecule has 0 fully saturated rings. The molecule has 270 valence electrons. The average molecular weight is 704 g/mol. The molecule has 1 aliphatic carbocycles. The second-order valence-corrected chi connectivity index (χ2v) is 10.9. The van der Waals surface area contributed by atoms with E-state index in [1.165, 1.54) is 37.3 Å².